The van der Waals surface area contributed by atoms with Crippen molar-refractivity contribution in [2.45, 2.75) is 57.9 Å². The molecule has 0 saturated heterocycles. The maximum Gasteiger partial charge on any atom is 0.328 e. The van der Waals surface area contributed by atoms with Crippen LogP contribution in [-0.2, 0) is 0 Å². The molecular formula is C10H4F12O4. The summed E-state index contributed by atoms with van der Waals surface area (Å²) in [5.41, 5.74) is -27.8. The van der Waals surface area contributed by atoms with Crippen LogP contribution in [0.5, 0.6) is 0 Å². The highest BCUT2D eigenvalue weighted by Gasteiger charge is 3.20. The van der Waals surface area contributed by atoms with Gasteiger partial charge in [0.2, 0.25) is 0 Å². The summed E-state index contributed by atoms with van der Waals surface area (Å²) in [7, 11) is 0. The molecule has 0 aromatic heterocycles. The van der Waals surface area contributed by atoms with Gasteiger partial charge in [-0.25, -0.2) is 0 Å². The van der Waals surface area contributed by atoms with E-state index in [1.54, 1.807) is 0 Å². The molecule has 0 aliphatic heterocycles. The Balaban J connectivity index is 2.71. The van der Waals surface area contributed by atoms with Gasteiger partial charge in [-0.1, -0.05) is 0 Å². The van der Waals surface area contributed by atoms with Crippen molar-refractivity contribution >= 4 is 0 Å². The summed E-state index contributed by atoms with van der Waals surface area (Å²) in [6.45, 7) is 0. The van der Waals surface area contributed by atoms with Crippen molar-refractivity contribution in [2.75, 3.05) is 0 Å². The average molecular weight is 416 g/mol. The smallest absolute Gasteiger partial charge is 0.328 e. The molecule has 4 fully saturated rings. The highest BCUT2D eigenvalue weighted by Crippen LogP contribution is 2.85. The SMILES string of the molecule is OC12C(F)(F)C3(O)C(F)(F)C(O)(C1(F)F)C(F)(F)C(O)(C2(F)F)C3(F)F. The Morgan fingerprint density at radius 3 is 0.423 bits per heavy atom. The van der Waals surface area contributed by atoms with Gasteiger partial charge in [0, 0.05) is 0 Å². The van der Waals surface area contributed by atoms with E-state index in [0.29, 0.717) is 0 Å². The minimum atomic E-state index is -7.31. The van der Waals surface area contributed by atoms with Gasteiger partial charge in [0.15, 0.2) is 0 Å². The minimum absolute atomic E-state index is 6.95. The standard InChI is InChI=1S/C10H4F12O4/c11-5(12)1(23)6(13,14)3(25)8(17,18)2(5,24)9(19,20)4(26,7(1,15)16)10(3,21)22/h23-26H. The second-order valence-electron chi connectivity index (χ2n) is 6.29. The summed E-state index contributed by atoms with van der Waals surface area (Å²) >= 11 is 0. The second kappa shape index (κ2) is 3.65. The lowest BCUT2D eigenvalue weighted by atomic mass is 9.38. The van der Waals surface area contributed by atoms with Crippen LogP contribution in [0.25, 0.3) is 0 Å². The van der Waals surface area contributed by atoms with Crippen LogP contribution in [0.15, 0.2) is 0 Å². The first-order chi connectivity index (χ1) is 11.0. The van der Waals surface area contributed by atoms with Crippen LogP contribution >= 0.6 is 0 Å². The van der Waals surface area contributed by atoms with Crippen LogP contribution < -0.4 is 0 Å². The number of rotatable bonds is 0. The average Bonchev–Trinajstić information content (AvgIpc) is 2.46. The zero-order chi connectivity index (χ0) is 21.0. The van der Waals surface area contributed by atoms with Gasteiger partial charge in [-0.05, 0) is 0 Å². The lowest BCUT2D eigenvalue weighted by Gasteiger charge is -2.76. The molecule has 0 atom stereocenters. The van der Waals surface area contributed by atoms with Crippen LogP contribution in [0.4, 0.5) is 52.7 Å². The van der Waals surface area contributed by atoms with E-state index in [4.69, 9.17) is 20.4 Å². The van der Waals surface area contributed by atoms with Gasteiger partial charge in [-0.15, -0.1) is 0 Å². The predicted octanol–water partition coefficient (Wildman–Crippen LogP) is 0.763. The topological polar surface area (TPSA) is 80.9 Å². The third kappa shape index (κ3) is 0.972. The molecule has 4 nitrogen and oxygen atoms in total. The first-order valence-corrected chi connectivity index (χ1v) is 6.16. The lowest BCUT2D eigenvalue weighted by Crippen LogP contribution is -3.11. The molecule has 0 heterocycles. The molecule has 4 bridgehead atoms. The summed E-state index contributed by atoms with van der Waals surface area (Å²) in [6.07, 6.45) is 0. The van der Waals surface area contributed by atoms with Crippen molar-refractivity contribution in [1.29, 1.82) is 0 Å². The van der Waals surface area contributed by atoms with Crippen LogP contribution in [0.3, 0.4) is 0 Å². The van der Waals surface area contributed by atoms with E-state index in [-0.39, 0.29) is 0 Å². The Morgan fingerprint density at radius 2 is 0.346 bits per heavy atom. The predicted molar refractivity (Wildman–Crippen MR) is 49.5 cm³/mol. The van der Waals surface area contributed by atoms with Crippen molar-refractivity contribution in [3.63, 3.8) is 0 Å². The van der Waals surface area contributed by atoms with E-state index in [9.17, 15) is 52.7 Å². The Labute approximate surface area is 132 Å². The fourth-order valence-electron chi connectivity index (χ4n) is 3.94. The number of alkyl halides is 12. The van der Waals surface area contributed by atoms with Crippen LogP contribution in [0, 0.1) is 0 Å². The van der Waals surface area contributed by atoms with Gasteiger partial charge in [0.1, 0.15) is 0 Å². The molecular weight excluding hydrogens is 412 g/mol. The first-order valence-electron chi connectivity index (χ1n) is 6.16. The maximum atomic E-state index is 14.0. The van der Waals surface area contributed by atoms with Gasteiger partial charge in [0.05, 0.1) is 0 Å². The van der Waals surface area contributed by atoms with E-state index in [1.807, 2.05) is 0 Å². The fourth-order valence-corrected chi connectivity index (χ4v) is 3.94. The molecule has 0 amide bonds. The molecule has 0 unspecified atom stereocenters. The van der Waals surface area contributed by atoms with Crippen LogP contribution in [0.2, 0.25) is 0 Å². The first kappa shape index (κ1) is 19.8. The molecule has 16 heteroatoms. The number of hydrogen-bond acceptors (Lipinski definition) is 4. The van der Waals surface area contributed by atoms with E-state index < -0.39 is 57.9 Å². The number of aliphatic hydroxyl groups is 4. The Morgan fingerprint density at radius 1 is 0.269 bits per heavy atom. The summed E-state index contributed by atoms with van der Waals surface area (Å²) in [6, 6.07) is 0. The monoisotopic (exact) mass is 416 g/mol. The van der Waals surface area contributed by atoms with Crippen molar-refractivity contribution in [1.82, 2.24) is 0 Å². The Hall–Kier alpha value is -1.00. The summed E-state index contributed by atoms with van der Waals surface area (Å²) in [5, 5.41) is 36.6. The van der Waals surface area contributed by atoms with Crippen molar-refractivity contribution in [3.05, 3.63) is 0 Å². The zero-order valence-corrected chi connectivity index (χ0v) is 11.3. The summed E-state index contributed by atoms with van der Waals surface area (Å²) < 4.78 is 168. The zero-order valence-electron chi connectivity index (χ0n) is 11.3. The quantitative estimate of drug-likeness (QED) is 0.440. The molecule has 4 saturated carbocycles. The highest BCUT2D eigenvalue weighted by atomic mass is 19.3. The maximum absolute atomic E-state index is 14.0. The van der Waals surface area contributed by atoms with E-state index >= 15 is 0 Å². The van der Waals surface area contributed by atoms with Gasteiger partial charge in [0.25, 0.3) is 22.4 Å². The molecule has 4 N–H and O–H groups in total. The fraction of sp³-hybridized carbons (Fsp3) is 1.00. The molecule has 4 aliphatic carbocycles. The summed E-state index contributed by atoms with van der Waals surface area (Å²) in [5.74, 6) is -43.9. The second-order valence-corrected chi connectivity index (χ2v) is 6.29. The van der Waals surface area contributed by atoms with Gasteiger partial charge < -0.3 is 20.4 Å². The molecule has 0 radical (unpaired) electrons. The lowest BCUT2D eigenvalue weighted by molar-refractivity contribution is -0.640. The third-order valence-corrected chi connectivity index (χ3v) is 5.45. The largest absolute Gasteiger partial charge is 0.373 e. The van der Waals surface area contributed by atoms with E-state index in [0.717, 1.165) is 0 Å². The Kier molecular flexibility index (Phi) is 2.77. The van der Waals surface area contributed by atoms with Gasteiger partial charge in [-0.2, -0.15) is 52.7 Å². The van der Waals surface area contributed by atoms with E-state index in [2.05, 4.69) is 0 Å². The molecule has 0 aromatic carbocycles. The minimum Gasteiger partial charge on any atom is -0.373 e. The van der Waals surface area contributed by atoms with Gasteiger partial charge >= 0.3 is 35.5 Å². The Bertz CT molecular complexity index is 520. The van der Waals surface area contributed by atoms with Crippen LogP contribution in [0.1, 0.15) is 0 Å². The normalized spacial score (nSPS) is 53.5. The van der Waals surface area contributed by atoms with Crippen molar-refractivity contribution in [3.8, 4) is 0 Å². The van der Waals surface area contributed by atoms with Crippen molar-refractivity contribution < 1.29 is 73.1 Å². The molecule has 0 aromatic rings. The highest BCUT2D eigenvalue weighted by molar-refractivity contribution is 5.53. The molecule has 4 aliphatic rings. The summed E-state index contributed by atoms with van der Waals surface area (Å²) in [4.78, 5) is 0. The molecule has 152 valence electrons. The molecule has 0 spiro atoms. The third-order valence-electron chi connectivity index (χ3n) is 5.45. The van der Waals surface area contributed by atoms with E-state index in [1.165, 1.54) is 0 Å². The van der Waals surface area contributed by atoms with Crippen molar-refractivity contribution in [2.24, 2.45) is 0 Å². The molecule has 4 rings (SSSR count). The molecule has 26 heavy (non-hydrogen) atoms. The number of hydrogen-bond donors (Lipinski definition) is 4. The van der Waals surface area contributed by atoms with Crippen LogP contribution in [-0.4, -0.2) is 78.4 Å². The van der Waals surface area contributed by atoms with Gasteiger partial charge in [-0.3, -0.25) is 0 Å². The number of halogens is 12.